The maximum Gasteiger partial charge on any atom is 0.344 e. The van der Waals surface area contributed by atoms with E-state index < -0.39 is 15.8 Å². The lowest BCUT2D eigenvalue weighted by Crippen LogP contribution is -2.42. The summed E-state index contributed by atoms with van der Waals surface area (Å²) in [6.45, 7) is 9.17. The van der Waals surface area contributed by atoms with Crippen LogP contribution in [0.3, 0.4) is 0 Å². The lowest BCUT2D eigenvalue weighted by atomic mass is 10.9. The van der Waals surface area contributed by atoms with Crippen molar-refractivity contribution in [2.75, 3.05) is 19.6 Å². The molecule has 0 atom stereocenters. The van der Waals surface area contributed by atoms with Crippen LogP contribution < -0.4 is 0 Å². The Balaban J connectivity index is 4.32. The van der Waals surface area contributed by atoms with E-state index in [1.165, 1.54) is 18.1 Å². The summed E-state index contributed by atoms with van der Waals surface area (Å²) in [6.07, 6.45) is 0. The molecule has 0 rings (SSSR count). The van der Waals surface area contributed by atoms with Crippen LogP contribution in [0, 0.1) is 0 Å². The summed E-state index contributed by atoms with van der Waals surface area (Å²) >= 11 is 2.18. The first-order chi connectivity index (χ1) is 7.01. The van der Waals surface area contributed by atoms with Crippen molar-refractivity contribution in [3.8, 4) is 0 Å². The zero-order chi connectivity index (χ0) is 11.9. The summed E-state index contributed by atoms with van der Waals surface area (Å²) in [5.74, 6) is 0. The highest BCUT2D eigenvalue weighted by Crippen LogP contribution is 2.34. The molecule has 0 aromatic rings. The predicted molar refractivity (Wildman–Crippen MR) is 75.3 cm³/mol. The van der Waals surface area contributed by atoms with Gasteiger partial charge in [-0.3, -0.25) is 0 Å². The zero-order valence-electron chi connectivity index (χ0n) is 11.1. The van der Waals surface area contributed by atoms with Gasteiger partial charge in [-0.15, -0.1) is 0 Å². The molecule has 0 aliphatic heterocycles. The Kier molecular flexibility index (Phi) is 7.45. The molecule has 15 heavy (non-hydrogen) atoms. The molecule has 0 aromatic heterocycles. The van der Waals surface area contributed by atoms with Crippen molar-refractivity contribution < 1.29 is 8.85 Å². The van der Waals surface area contributed by atoms with E-state index in [1.54, 1.807) is 14.2 Å². The van der Waals surface area contributed by atoms with Gasteiger partial charge in [0.1, 0.15) is 7.22 Å². The number of rotatable bonds is 8. The van der Waals surface area contributed by atoms with Gasteiger partial charge >= 0.3 is 8.56 Å². The van der Waals surface area contributed by atoms with Crippen LogP contribution in [0.5, 0.6) is 0 Å². The normalized spacial score (nSPS) is 13.2. The van der Waals surface area contributed by atoms with E-state index in [2.05, 4.69) is 38.5 Å². The van der Waals surface area contributed by atoms with Crippen LogP contribution in [-0.4, -0.2) is 35.4 Å². The molecule has 0 amide bonds. The number of hydrogen-bond donors (Lipinski definition) is 0. The summed E-state index contributed by atoms with van der Waals surface area (Å²) in [4.78, 5) is 0. The highest BCUT2D eigenvalue weighted by atomic mass is 32.4. The third-order valence-corrected chi connectivity index (χ3v) is 18.1. The molecule has 0 spiro atoms. The third-order valence-electron chi connectivity index (χ3n) is 3.44. The second-order valence-electron chi connectivity index (χ2n) is 4.07. The monoisotopic (exact) mass is 266 g/mol. The minimum absolute atomic E-state index is 1.07. The second-order valence-corrected chi connectivity index (χ2v) is 16.6. The predicted octanol–water partition coefficient (Wildman–Crippen LogP) is 3.63. The van der Waals surface area contributed by atoms with E-state index in [0.29, 0.717) is 0 Å². The Morgan fingerprint density at radius 3 is 1.60 bits per heavy atom. The van der Waals surface area contributed by atoms with Crippen LogP contribution in [0.4, 0.5) is 0 Å². The molecule has 0 saturated carbocycles. The molecular formula is C10H26O2SSi2. The summed E-state index contributed by atoms with van der Waals surface area (Å²) < 4.78 is 11.1. The van der Waals surface area contributed by atoms with Crippen molar-refractivity contribution >= 4 is 27.0 Å². The van der Waals surface area contributed by atoms with E-state index in [1.807, 2.05) is 0 Å². The van der Waals surface area contributed by atoms with Crippen LogP contribution in [0.15, 0.2) is 0 Å². The van der Waals surface area contributed by atoms with Gasteiger partial charge in [0.25, 0.3) is 0 Å². The van der Waals surface area contributed by atoms with Gasteiger partial charge in [-0.25, -0.2) is 0 Å². The van der Waals surface area contributed by atoms with Crippen molar-refractivity contribution in [2.24, 2.45) is 0 Å². The Bertz CT molecular complexity index is 163. The first kappa shape index (κ1) is 15.7. The minimum atomic E-state index is -1.86. The van der Waals surface area contributed by atoms with E-state index in [0.717, 1.165) is 5.38 Å². The molecule has 0 bridgehead atoms. The van der Waals surface area contributed by atoms with Gasteiger partial charge in [0, 0.05) is 19.6 Å². The first-order valence-corrected chi connectivity index (χ1v) is 12.6. The highest BCUT2D eigenvalue weighted by Gasteiger charge is 2.35. The maximum atomic E-state index is 5.53. The Morgan fingerprint density at radius 2 is 1.33 bits per heavy atom. The van der Waals surface area contributed by atoms with E-state index in [-0.39, 0.29) is 0 Å². The molecule has 0 N–H and O–H groups in total. The average molecular weight is 267 g/mol. The molecule has 5 heteroatoms. The zero-order valence-corrected chi connectivity index (χ0v) is 13.9. The van der Waals surface area contributed by atoms with Crippen LogP contribution in [0.25, 0.3) is 0 Å². The molecule has 2 nitrogen and oxygen atoms in total. The molecule has 0 aliphatic rings. The largest absolute Gasteiger partial charge is 0.397 e. The molecule has 0 fully saturated rings. The molecular weight excluding hydrogens is 240 g/mol. The Hall–Kier alpha value is 0.704. The van der Waals surface area contributed by atoms with Crippen molar-refractivity contribution in [1.29, 1.82) is 0 Å². The van der Waals surface area contributed by atoms with Gasteiger partial charge in [0.2, 0.25) is 0 Å². The lowest BCUT2D eigenvalue weighted by molar-refractivity contribution is 0.257. The van der Waals surface area contributed by atoms with Gasteiger partial charge in [0.05, 0.1) is 0 Å². The summed E-state index contributed by atoms with van der Waals surface area (Å²) in [7, 11) is 0.636. The molecule has 0 saturated heterocycles. The van der Waals surface area contributed by atoms with Crippen LogP contribution in [0.1, 0.15) is 20.8 Å². The fourth-order valence-corrected chi connectivity index (χ4v) is 14.0. The van der Waals surface area contributed by atoms with Gasteiger partial charge < -0.3 is 8.85 Å². The van der Waals surface area contributed by atoms with Gasteiger partial charge in [-0.05, 0) is 6.55 Å². The SMILES string of the molecule is CC[Si](CC)(CC)SC[Si](C)(OC)OC. The van der Waals surface area contributed by atoms with E-state index in [4.69, 9.17) is 8.85 Å². The fourth-order valence-electron chi connectivity index (χ4n) is 1.54. The van der Waals surface area contributed by atoms with Crippen LogP contribution in [0.2, 0.25) is 24.7 Å². The Morgan fingerprint density at radius 1 is 0.933 bits per heavy atom. The summed E-state index contributed by atoms with van der Waals surface area (Å²) in [5, 5.41) is 1.09. The van der Waals surface area contributed by atoms with Crippen molar-refractivity contribution in [3.63, 3.8) is 0 Å². The topological polar surface area (TPSA) is 18.5 Å². The average Bonchev–Trinajstić information content (AvgIpc) is 2.31. The molecule has 0 aromatic carbocycles. The lowest BCUT2D eigenvalue weighted by Gasteiger charge is -2.31. The quantitative estimate of drug-likeness (QED) is 0.625. The molecule has 0 aliphatic carbocycles. The molecule has 0 unspecified atom stereocenters. The molecule has 0 radical (unpaired) electrons. The van der Waals surface area contributed by atoms with Gasteiger partial charge in [-0.2, -0.15) is 11.2 Å². The minimum Gasteiger partial charge on any atom is -0.397 e. The fraction of sp³-hybridized carbons (Fsp3) is 1.00. The van der Waals surface area contributed by atoms with Crippen molar-refractivity contribution in [1.82, 2.24) is 0 Å². The first-order valence-electron chi connectivity index (χ1n) is 5.75. The van der Waals surface area contributed by atoms with Crippen LogP contribution >= 0.6 is 11.2 Å². The molecule has 0 heterocycles. The molecule has 92 valence electrons. The van der Waals surface area contributed by atoms with Crippen molar-refractivity contribution in [2.45, 2.75) is 45.5 Å². The second kappa shape index (κ2) is 7.11. The van der Waals surface area contributed by atoms with Crippen LogP contribution in [-0.2, 0) is 8.85 Å². The number of hydrogen-bond acceptors (Lipinski definition) is 3. The van der Waals surface area contributed by atoms with E-state index in [9.17, 15) is 0 Å². The van der Waals surface area contributed by atoms with Gasteiger partial charge in [-0.1, -0.05) is 38.9 Å². The standard InChI is InChI=1S/C10H26O2SSi2/c1-7-15(8-2,9-3)13-10-14(6,11-4)12-5/h7-10H2,1-6H3. The van der Waals surface area contributed by atoms with Crippen molar-refractivity contribution in [3.05, 3.63) is 0 Å². The maximum absolute atomic E-state index is 5.53. The highest BCUT2D eigenvalue weighted by molar-refractivity contribution is 8.29. The Labute approximate surface area is 101 Å². The smallest absolute Gasteiger partial charge is 0.344 e. The van der Waals surface area contributed by atoms with Gasteiger partial charge in [0.15, 0.2) is 0 Å². The summed E-state index contributed by atoms with van der Waals surface area (Å²) in [6, 6.07) is 4.09. The third kappa shape index (κ3) is 4.60. The van der Waals surface area contributed by atoms with E-state index >= 15 is 0 Å². The summed E-state index contributed by atoms with van der Waals surface area (Å²) in [5.41, 5.74) is 0.